The molecule has 144 valence electrons. The topological polar surface area (TPSA) is 43.2 Å². The predicted molar refractivity (Wildman–Crippen MR) is 107 cm³/mol. The fourth-order valence-corrected chi connectivity index (χ4v) is 5.17. The summed E-state index contributed by atoms with van der Waals surface area (Å²) in [6.45, 7) is 7.81. The molecule has 1 aromatic carbocycles. The Morgan fingerprint density at radius 3 is 2.78 bits per heavy atom. The van der Waals surface area contributed by atoms with Gasteiger partial charge in [-0.1, -0.05) is 0 Å². The molecule has 0 bridgehead atoms. The number of methoxy groups -OCH3 is 1. The molecule has 27 heavy (non-hydrogen) atoms. The first-order valence-corrected chi connectivity index (χ1v) is 10.4. The number of benzene rings is 1. The average Bonchev–Trinajstić information content (AvgIpc) is 3.30. The van der Waals surface area contributed by atoms with Crippen LogP contribution in [0.5, 0.6) is 5.75 Å². The molecule has 0 radical (unpaired) electrons. The minimum Gasteiger partial charge on any atom is -0.497 e. The lowest BCUT2D eigenvalue weighted by Gasteiger charge is -2.34. The number of ether oxygens (including phenoxy) is 2. The van der Waals surface area contributed by atoms with Gasteiger partial charge in [-0.3, -0.25) is 9.69 Å². The van der Waals surface area contributed by atoms with Crippen molar-refractivity contribution in [1.29, 1.82) is 0 Å². The number of rotatable bonds is 4. The van der Waals surface area contributed by atoms with Crippen LogP contribution in [0.1, 0.15) is 39.2 Å². The van der Waals surface area contributed by atoms with Crippen LogP contribution >= 0.6 is 11.3 Å². The van der Waals surface area contributed by atoms with E-state index in [1.165, 1.54) is 20.9 Å². The van der Waals surface area contributed by atoms with Crippen molar-refractivity contribution in [1.82, 2.24) is 0 Å². The Bertz CT molecular complexity index is 825. The van der Waals surface area contributed by atoms with E-state index in [1.807, 2.05) is 29.2 Å². The Kier molecular flexibility index (Phi) is 5.21. The van der Waals surface area contributed by atoms with E-state index in [-0.39, 0.29) is 5.91 Å². The van der Waals surface area contributed by atoms with Crippen LogP contribution in [0.15, 0.2) is 24.3 Å². The second-order valence-corrected chi connectivity index (χ2v) is 8.66. The van der Waals surface area contributed by atoms with Crippen LogP contribution in [0.2, 0.25) is 0 Å². The second-order valence-electron chi connectivity index (χ2n) is 7.45. The van der Waals surface area contributed by atoms with E-state index >= 15 is 0 Å². The molecule has 3 heterocycles. The van der Waals surface area contributed by atoms with Gasteiger partial charge in [0.2, 0.25) is 0 Å². The van der Waals surface area contributed by atoms with Crippen molar-refractivity contribution in [2.24, 2.45) is 0 Å². The highest BCUT2D eigenvalue weighted by molar-refractivity contribution is 7.16. The van der Waals surface area contributed by atoms with Gasteiger partial charge in [-0.15, -0.1) is 11.3 Å². The Labute approximate surface area is 164 Å². The van der Waals surface area contributed by atoms with E-state index < -0.39 is 0 Å². The molecule has 5 nitrogen and oxygen atoms in total. The molecular formula is C21H27N2O3S+. The highest BCUT2D eigenvalue weighted by Crippen LogP contribution is 2.37. The minimum atomic E-state index is 0.0599. The van der Waals surface area contributed by atoms with Crippen LogP contribution < -0.4 is 14.5 Å². The molecule has 1 aromatic heterocycles. The first kappa shape index (κ1) is 18.5. The lowest BCUT2D eigenvalue weighted by Crippen LogP contribution is -3.14. The molecule has 0 aliphatic carbocycles. The maximum atomic E-state index is 13.3. The molecule has 1 fully saturated rings. The molecule has 0 saturated carbocycles. The Morgan fingerprint density at radius 1 is 1.33 bits per heavy atom. The largest absolute Gasteiger partial charge is 0.497 e. The van der Waals surface area contributed by atoms with Crippen LogP contribution in [0.25, 0.3) is 0 Å². The van der Waals surface area contributed by atoms with Crippen LogP contribution in [-0.2, 0) is 11.3 Å². The first-order valence-electron chi connectivity index (χ1n) is 9.56. The third-order valence-electron chi connectivity index (χ3n) is 5.66. The van der Waals surface area contributed by atoms with Crippen molar-refractivity contribution in [2.75, 3.05) is 31.8 Å². The van der Waals surface area contributed by atoms with Crippen LogP contribution in [0.3, 0.4) is 0 Å². The number of aryl methyl sites for hydroxylation is 1. The van der Waals surface area contributed by atoms with E-state index in [2.05, 4.69) is 13.8 Å². The number of fused-ring (bicyclic) bond motifs is 1. The van der Waals surface area contributed by atoms with Gasteiger partial charge in [0, 0.05) is 22.6 Å². The van der Waals surface area contributed by atoms with Crippen molar-refractivity contribution in [3.63, 3.8) is 0 Å². The summed E-state index contributed by atoms with van der Waals surface area (Å²) in [5, 5.41) is 1.11. The van der Waals surface area contributed by atoms with Crippen LogP contribution in [0, 0.1) is 13.8 Å². The molecule has 6 heteroatoms. The zero-order valence-electron chi connectivity index (χ0n) is 16.2. The summed E-state index contributed by atoms with van der Waals surface area (Å²) in [4.78, 5) is 18.0. The summed E-state index contributed by atoms with van der Waals surface area (Å²) < 4.78 is 11.1. The average molecular weight is 388 g/mol. The Balaban J connectivity index is 1.62. The number of amides is 1. The van der Waals surface area contributed by atoms with E-state index in [1.54, 1.807) is 18.4 Å². The van der Waals surface area contributed by atoms with E-state index in [4.69, 9.17) is 9.47 Å². The molecule has 2 aromatic rings. The number of anilines is 1. The van der Waals surface area contributed by atoms with Crippen molar-refractivity contribution in [2.45, 2.75) is 39.3 Å². The van der Waals surface area contributed by atoms with Gasteiger partial charge in [0.15, 0.2) is 6.67 Å². The highest BCUT2D eigenvalue weighted by atomic mass is 32.1. The second kappa shape index (κ2) is 7.62. The van der Waals surface area contributed by atoms with E-state index in [9.17, 15) is 4.79 Å². The van der Waals surface area contributed by atoms with E-state index in [0.29, 0.717) is 18.3 Å². The number of carbonyl (C=O) groups excluding carboxylic acids is 1. The summed E-state index contributed by atoms with van der Waals surface area (Å²) in [5.41, 5.74) is 3.34. The van der Waals surface area contributed by atoms with Gasteiger partial charge in [-0.05, 0) is 56.5 Å². The zero-order valence-corrected chi connectivity index (χ0v) is 17.0. The van der Waals surface area contributed by atoms with Gasteiger partial charge < -0.3 is 14.4 Å². The number of nitrogens with one attached hydrogen (secondary N) is 1. The maximum absolute atomic E-state index is 13.3. The van der Waals surface area contributed by atoms with E-state index in [0.717, 1.165) is 43.3 Å². The summed E-state index contributed by atoms with van der Waals surface area (Å²) in [6, 6.07) is 7.39. The van der Waals surface area contributed by atoms with Gasteiger partial charge in [-0.25, -0.2) is 0 Å². The van der Waals surface area contributed by atoms with Crippen molar-refractivity contribution in [3.8, 4) is 5.75 Å². The highest BCUT2D eigenvalue weighted by Gasteiger charge is 2.35. The molecule has 1 N–H and O–H groups in total. The van der Waals surface area contributed by atoms with Crippen molar-refractivity contribution in [3.05, 3.63) is 45.8 Å². The zero-order chi connectivity index (χ0) is 19.0. The van der Waals surface area contributed by atoms with Gasteiger partial charge in [0.1, 0.15) is 29.9 Å². The summed E-state index contributed by atoms with van der Waals surface area (Å²) in [5.74, 6) is 0.823. The Hall–Kier alpha value is -1.89. The predicted octanol–water partition coefficient (Wildman–Crippen LogP) is 2.56. The molecule has 4 rings (SSSR count). The SMILES string of the molecule is COc1ccc(C(=O)N2C[NH+](C[C@H]3CCCO3)Cc3c2sc(C)c3C)cc1. The van der Waals surface area contributed by atoms with Crippen molar-refractivity contribution < 1.29 is 19.2 Å². The van der Waals surface area contributed by atoms with Crippen LogP contribution in [0.4, 0.5) is 5.00 Å². The molecule has 1 unspecified atom stereocenters. The van der Waals surface area contributed by atoms with Crippen molar-refractivity contribution >= 4 is 22.2 Å². The van der Waals surface area contributed by atoms with Gasteiger partial charge in [-0.2, -0.15) is 0 Å². The molecule has 1 amide bonds. The normalized spacial score (nSPS) is 22.0. The number of thiophene rings is 1. The lowest BCUT2D eigenvalue weighted by molar-refractivity contribution is -0.917. The molecule has 2 aliphatic rings. The van der Waals surface area contributed by atoms with Crippen LogP contribution in [-0.4, -0.2) is 38.9 Å². The summed E-state index contributed by atoms with van der Waals surface area (Å²) in [7, 11) is 1.64. The summed E-state index contributed by atoms with van der Waals surface area (Å²) >= 11 is 1.74. The molecule has 2 atom stereocenters. The number of quaternary nitrogens is 1. The lowest BCUT2D eigenvalue weighted by atomic mass is 10.1. The smallest absolute Gasteiger partial charge is 0.263 e. The Morgan fingerprint density at radius 2 is 2.11 bits per heavy atom. The fourth-order valence-electron chi connectivity index (χ4n) is 4.00. The standard InChI is InChI=1S/C21H26N2O3S/c1-14-15(2)27-21-19(14)12-22(11-18-5-4-10-26-18)13-23(21)20(24)16-6-8-17(25-3)9-7-16/h6-9,18H,4-5,10-13H2,1-3H3/p+1/t18-/m1/s1. The number of hydrogen-bond acceptors (Lipinski definition) is 4. The summed E-state index contributed by atoms with van der Waals surface area (Å²) in [6.07, 6.45) is 2.60. The fraction of sp³-hybridized carbons (Fsp3) is 0.476. The molecular weight excluding hydrogens is 360 g/mol. The monoisotopic (exact) mass is 387 g/mol. The van der Waals surface area contributed by atoms with Gasteiger partial charge >= 0.3 is 0 Å². The maximum Gasteiger partial charge on any atom is 0.263 e. The number of hydrogen-bond donors (Lipinski definition) is 1. The van der Waals surface area contributed by atoms with Gasteiger partial charge in [0.25, 0.3) is 5.91 Å². The molecule has 0 spiro atoms. The minimum absolute atomic E-state index is 0.0599. The molecule has 2 aliphatic heterocycles. The third kappa shape index (κ3) is 3.61. The molecule has 1 saturated heterocycles. The van der Waals surface area contributed by atoms with Gasteiger partial charge in [0.05, 0.1) is 7.11 Å². The first-order chi connectivity index (χ1) is 13.1. The number of carbonyl (C=O) groups is 1. The number of nitrogens with zero attached hydrogens (tertiary/aromatic N) is 1. The third-order valence-corrected chi connectivity index (χ3v) is 6.94. The quantitative estimate of drug-likeness (QED) is 0.877.